The number of anilines is 1. The minimum absolute atomic E-state index is 0.184. The molecule has 2 rings (SSSR count). The van der Waals surface area contributed by atoms with Gasteiger partial charge in [0.15, 0.2) is 0 Å². The van der Waals surface area contributed by atoms with E-state index in [1.54, 1.807) is 42.6 Å². The molecule has 1 heterocycles. The fourth-order valence-electron chi connectivity index (χ4n) is 1.54. The summed E-state index contributed by atoms with van der Waals surface area (Å²) in [5, 5.41) is 2.79. The van der Waals surface area contributed by atoms with Gasteiger partial charge in [-0.15, -0.1) is 0 Å². The van der Waals surface area contributed by atoms with Gasteiger partial charge in [0, 0.05) is 11.8 Å². The number of carbonyl (C=O) groups is 1. The molecule has 1 N–H and O–H groups in total. The summed E-state index contributed by atoms with van der Waals surface area (Å²) in [6, 6.07) is 10.5. The molecule has 1 aromatic carbocycles. The van der Waals surface area contributed by atoms with E-state index in [0.717, 1.165) is 5.75 Å². The summed E-state index contributed by atoms with van der Waals surface area (Å²) in [4.78, 5) is 16.1. The molecule has 5 heteroatoms. The Labute approximate surface area is 119 Å². The molecular formula is C14H13BrN2O2. The van der Waals surface area contributed by atoms with Gasteiger partial charge in [0.2, 0.25) is 0 Å². The van der Waals surface area contributed by atoms with E-state index in [4.69, 9.17) is 4.74 Å². The van der Waals surface area contributed by atoms with Crippen molar-refractivity contribution in [3.05, 3.63) is 52.8 Å². The number of rotatable bonds is 4. The summed E-state index contributed by atoms with van der Waals surface area (Å²) in [5.41, 5.74) is 1.21. The van der Waals surface area contributed by atoms with Gasteiger partial charge in [-0.25, -0.2) is 4.98 Å². The van der Waals surface area contributed by atoms with Crippen LogP contribution in [0.3, 0.4) is 0 Å². The molecule has 98 valence electrons. The highest BCUT2D eigenvalue weighted by atomic mass is 79.9. The number of pyridine rings is 1. The fourth-order valence-corrected chi connectivity index (χ4v) is 1.89. The van der Waals surface area contributed by atoms with Crippen molar-refractivity contribution in [2.24, 2.45) is 0 Å². The predicted molar refractivity (Wildman–Crippen MR) is 77.5 cm³/mol. The topological polar surface area (TPSA) is 51.2 Å². The minimum Gasteiger partial charge on any atom is -0.494 e. The average molecular weight is 321 g/mol. The number of halogens is 1. The van der Waals surface area contributed by atoms with Crippen LogP contribution in [-0.2, 0) is 0 Å². The van der Waals surface area contributed by atoms with Gasteiger partial charge < -0.3 is 10.1 Å². The van der Waals surface area contributed by atoms with E-state index in [0.29, 0.717) is 22.5 Å². The third-order valence-electron chi connectivity index (χ3n) is 2.43. The molecular weight excluding hydrogens is 308 g/mol. The van der Waals surface area contributed by atoms with Crippen LogP contribution in [0.4, 0.5) is 5.69 Å². The summed E-state index contributed by atoms with van der Waals surface area (Å²) in [6.45, 7) is 2.52. The third-order valence-corrected chi connectivity index (χ3v) is 3.07. The van der Waals surface area contributed by atoms with Crippen LogP contribution in [0.25, 0.3) is 0 Å². The summed E-state index contributed by atoms with van der Waals surface area (Å²) >= 11 is 3.28. The smallest absolute Gasteiger partial charge is 0.255 e. The van der Waals surface area contributed by atoms with Gasteiger partial charge in [0.1, 0.15) is 10.4 Å². The molecule has 0 bridgehead atoms. The molecule has 0 radical (unpaired) electrons. The first kappa shape index (κ1) is 13.5. The molecule has 4 nitrogen and oxygen atoms in total. The molecule has 0 spiro atoms. The molecule has 19 heavy (non-hydrogen) atoms. The van der Waals surface area contributed by atoms with Crippen LogP contribution in [0.1, 0.15) is 17.3 Å². The lowest BCUT2D eigenvalue weighted by Gasteiger charge is -2.07. The lowest BCUT2D eigenvalue weighted by atomic mass is 10.2. The molecule has 0 fully saturated rings. The number of amides is 1. The number of carbonyl (C=O) groups excluding carboxylic acids is 1. The summed E-state index contributed by atoms with van der Waals surface area (Å²) in [6.07, 6.45) is 1.65. The Morgan fingerprint density at radius 1 is 1.32 bits per heavy atom. The van der Waals surface area contributed by atoms with Crippen LogP contribution < -0.4 is 10.1 Å². The van der Waals surface area contributed by atoms with E-state index in [-0.39, 0.29) is 5.91 Å². The fraction of sp³-hybridized carbons (Fsp3) is 0.143. The molecule has 2 aromatic rings. The van der Waals surface area contributed by atoms with E-state index < -0.39 is 0 Å². The van der Waals surface area contributed by atoms with Crippen molar-refractivity contribution in [2.45, 2.75) is 6.92 Å². The molecule has 1 aromatic heterocycles. The Balaban J connectivity index is 2.10. The highest BCUT2D eigenvalue weighted by molar-refractivity contribution is 9.10. The Morgan fingerprint density at radius 3 is 2.68 bits per heavy atom. The molecule has 0 atom stereocenters. The monoisotopic (exact) mass is 320 g/mol. The standard InChI is InChI=1S/C14H13BrN2O2/c1-2-19-11-7-5-10(6-8-11)14(18)17-12-4-3-9-16-13(12)15/h3-9H,2H2,1H3,(H,17,18). The van der Waals surface area contributed by atoms with E-state index in [1.165, 1.54) is 0 Å². The molecule has 0 aliphatic rings. The van der Waals surface area contributed by atoms with Gasteiger partial charge in [0.25, 0.3) is 5.91 Å². The minimum atomic E-state index is -0.184. The molecule has 0 aliphatic carbocycles. The van der Waals surface area contributed by atoms with Crippen molar-refractivity contribution in [2.75, 3.05) is 11.9 Å². The number of benzene rings is 1. The van der Waals surface area contributed by atoms with Crippen molar-refractivity contribution in [1.29, 1.82) is 0 Å². The van der Waals surface area contributed by atoms with Gasteiger partial charge >= 0.3 is 0 Å². The van der Waals surface area contributed by atoms with Crippen LogP contribution in [-0.4, -0.2) is 17.5 Å². The third kappa shape index (κ3) is 3.54. The van der Waals surface area contributed by atoms with Crippen molar-refractivity contribution in [3.63, 3.8) is 0 Å². The Hall–Kier alpha value is -1.88. The van der Waals surface area contributed by atoms with E-state index in [9.17, 15) is 4.79 Å². The summed E-state index contributed by atoms with van der Waals surface area (Å²) in [7, 11) is 0. The summed E-state index contributed by atoms with van der Waals surface area (Å²) in [5.74, 6) is 0.568. The Morgan fingerprint density at radius 2 is 2.05 bits per heavy atom. The van der Waals surface area contributed by atoms with Crippen LogP contribution in [0, 0.1) is 0 Å². The number of nitrogens with one attached hydrogen (secondary N) is 1. The highest BCUT2D eigenvalue weighted by Gasteiger charge is 2.08. The number of nitrogens with zero attached hydrogens (tertiary/aromatic N) is 1. The van der Waals surface area contributed by atoms with E-state index >= 15 is 0 Å². The van der Waals surface area contributed by atoms with Crippen LogP contribution in [0.2, 0.25) is 0 Å². The maximum Gasteiger partial charge on any atom is 0.255 e. The molecule has 0 saturated heterocycles. The molecule has 0 saturated carbocycles. The van der Waals surface area contributed by atoms with E-state index in [1.807, 2.05) is 6.92 Å². The normalized spacial score (nSPS) is 10.0. The molecule has 1 amide bonds. The number of ether oxygens (including phenoxy) is 1. The van der Waals surface area contributed by atoms with Crippen LogP contribution in [0.15, 0.2) is 47.2 Å². The first-order valence-corrected chi connectivity index (χ1v) is 6.64. The van der Waals surface area contributed by atoms with Crippen molar-refractivity contribution >= 4 is 27.5 Å². The first-order valence-electron chi connectivity index (χ1n) is 5.85. The second kappa shape index (κ2) is 6.33. The van der Waals surface area contributed by atoms with E-state index in [2.05, 4.69) is 26.2 Å². The zero-order valence-corrected chi connectivity index (χ0v) is 12.0. The van der Waals surface area contributed by atoms with Crippen molar-refractivity contribution < 1.29 is 9.53 Å². The van der Waals surface area contributed by atoms with Gasteiger partial charge in [-0.2, -0.15) is 0 Å². The predicted octanol–water partition coefficient (Wildman–Crippen LogP) is 3.50. The molecule has 0 aliphatic heterocycles. The average Bonchev–Trinajstić information content (AvgIpc) is 2.42. The van der Waals surface area contributed by atoms with Gasteiger partial charge in [-0.05, 0) is 59.3 Å². The maximum absolute atomic E-state index is 12.0. The second-order valence-electron chi connectivity index (χ2n) is 3.75. The first-order chi connectivity index (χ1) is 9.20. The second-order valence-corrected chi connectivity index (χ2v) is 4.50. The maximum atomic E-state index is 12.0. The zero-order chi connectivity index (χ0) is 13.7. The van der Waals surface area contributed by atoms with Gasteiger partial charge in [-0.3, -0.25) is 4.79 Å². The zero-order valence-electron chi connectivity index (χ0n) is 10.4. The SMILES string of the molecule is CCOc1ccc(C(=O)Nc2cccnc2Br)cc1. The number of hydrogen-bond acceptors (Lipinski definition) is 3. The Bertz CT molecular complexity index is 570. The largest absolute Gasteiger partial charge is 0.494 e. The quantitative estimate of drug-likeness (QED) is 0.877. The lowest BCUT2D eigenvalue weighted by molar-refractivity contribution is 0.102. The highest BCUT2D eigenvalue weighted by Crippen LogP contribution is 2.19. The number of aromatic nitrogens is 1. The Kier molecular flexibility index (Phi) is 4.52. The summed E-state index contributed by atoms with van der Waals surface area (Å²) < 4.78 is 5.93. The lowest BCUT2D eigenvalue weighted by Crippen LogP contribution is -2.12. The van der Waals surface area contributed by atoms with Crippen molar-refractivity contribution in [3.8, 4) is 5.75 Å². The van der Waals surface area contributed by atoms with Gasteiger partial charge in [0.05, 0.1) is 12.3 Å². The van der Waals surface area contributed by atoms with Crippen LogP contribution >= 0.6 is 15.9 Å². The number of hydrogen-bond donors (Lipinski definition) is 1. The van der Waals surface area contributed by atoms with Crippen LogP contribution in [0.5, 0.6) is 5.75 Å². The van der Waals surface area contributed by atoms with Crippen molar-refractivity contribution in [1.82, 2.24) is 4.98 Å². The van der Waals surface area contributed by atoms with Gasteiger partial charge in [-0.1, -0.05) is 0 Å². The molecule has 0 unspecified atom stereocenters.